The second-order valence-electron chi connectivity index (χ2n) is 10.8. The van der Waals surface area contributed by atoms with Gasteiger partial charge in [0.25, 0.3) is 5.91 Å². The van der Waals surface area contributed by atoms with E-state index in [1.807, 2.05) is 0 Å². The number of hydrogen-bond donors (Lipinski definition) is 4. The molecule has 234 valence electrons. The average molecular weight is 633 g/mol. The Morgan fingerprint density at radius 1 is 0.864 bits per heavy atom. The number of nitrogens with one attached hydrogen (secondary N) is 3. The van der Waals surface area contributed by atoms with E-state index in [2.05, 4.69) is 16.0 Å². The number of aliphatic hydroxyl groups is 1. The van der Waals surface area contributed by atoms with Crippen molar-refractivity contribution < 1.29 is 37.1 Å². The zero-order chi connectivity index (χ0) is 32.0. The van der Waals surface area contributed by atoms with E-state index in [0.29, 0.717) is 5.56 Å². The van der Waals surface area contributed by atoms with Crippen molar-refractivity contribution in [1.82, 2.24) is 20.9 Å². The molecule has 0 saturated carbocycles. The van der Waals surface area contributed by atoms with Gasteiger partial charge < -0.3 is 26.0 Å². The lowest BCUT2D eigenvalue weighted by Gasteiger charge is -2.33. The van der Waals surface area contributed by atoms with E-state index < -0.39 is 77.1 Å². The summed E-state index contributed by atoms with van der Waals surface area (Å²) in [6.45, 7) is 2.49. The Morgan fingerprint density at radius 3 is 1.93 bits per heavy atom. The van der Waals surface area contributed by atoms with Gasteiger partial charge in [-0.3, -0.25) is 9.59 Å². The molecule has 3 aromatic carbocycles. The van der Waals surface area contributed by atoms with Crippen LogP contribution in [0.2, 0.25) is 0 Å². The number of aliphatic hydroxyl groups excluding tert-OH is 1. The number of urea groups is 1. The van der Waals surface area contributed by atoms with Crippen LogP contribution in [0.25, 0.3) is 0 Å². The number of rotatable bonds is 10. The van der Waals surface area contributed by atoms with E-state index in [9.17, 15) is 37.1 Å². The minimum atomic E-state index is -1.83. The largest absolute Gasteiger partial charge is 0.381 e. The van der Waals surface area contributed by atoms with Crippen LogP contribution in [0.5, 0.6) is 0 Å². The molecule has 44 heavy (non-hydrogen) atoms. The molecular formula is C31H32F4N4O4S. The fourth-order valence-corrected chi connectivity index (χ4v) is 6.07. The lowest BCUT2D eigenvalue weighted by Crippen LogP contribution is -2.59. The fourth-order valence-electron chi connectivity index (χ4n) is 4.93. The van der Waals surface area contributed by atoms with Crippen molar-refractivity contribution in [3.05, 3.63) is 107 Å². The SMILES string of the molecule is CC1(C)SCN(C(=O)[C@@H](O)[C@H](Cc2ccccc2)NC(=O)NCc2c(F)cccc2F)[C@@H]1C(=O)NCc1c(F)cccc1F. The van der Waals surface area contributed by atoms with Crippen molar-refractivity contribution in [3.63, 3.8) is 0 Å². The molecule has 4 rings (SSSR count). The summed E-state index contributed by atoms with van der Waals surface area (Å²) in [6.07, 6.45) is -1.83. The van der Waals surface area contributed by atoms with E-state index in [-0.39, 0.29) is 23.4 Å². The average Bonchev–Trinajstić information content (AvgIpc) is 3.30. The van der Waals surface area contributed by atoms with Crippen molar-refractivity contribution in [2.24, 2.45) is 0 Å². The highest BCUT2D eigenvalue weighted by molar-refractivity contribution is 8.00. The number of thioether (sulfide) groups is 1. The van der Waals surface area contributed by atoms with E-state index in [4.69, 9.17) is 0 Å². The maximum atomic E-state index is 14.1. The van der Waals surface area contributed by atoms with Gasteiger partial charge in [-0.2, -0.15) is 0 Å². The Labute approximate surface area is 256 Å². The van der Waals surface area contributed by atoms with Crippen molar-refractivity contribution in [3.8, 4) is 0 Å². The topological polar surface area (TPSA) is 111 Å². The Hall–Kier alpha value is -4.10. The predicted octanol–water partition coefficient (Wildman–Crippen LogP) is 4.01. The van der Waals surface area contributed by atoms with Crippen LogP contribution >= 0.6 is 11.8 Å². The molecule has 3 aromatic rings. The van der Waals surface area contributed by atoms with Gasteiger partial charge in [-0.1, -0.05) is 42.5 Å². The van der Waals surface area contributed by atoms with Crippen LogP contribution in [0.15, 0.2) is 66.7 Å². The van der Waals surface area contributed by atoms with Crippen molar-refractivity contribution in [1.29, 1.82) is 0 Å². The Balaban J connectivity index is 1.50. The van der Waals surface area contributed by atoms with Gasteiger partial charge in [-0.25, -0.2) is 22.4 Å². The standard InChI is InChI=1S/C31H32F4N4O4S/c1-31(2)27(28(41)36-15-19-21(32)10-6-11-22(19)33)39(17-44-31)29(42)26(40)25(14-18-8-4-3-5-9-18)38-30(43)37-16-20-23(34)12-7-13-24(20)35/h3-13,25-27,40H,14-17H2,1-2H3,(H,36,41)(H2,37,38,43)/t25-,26-,27+/m0/s1. The van der Waals surface area contributed by atoms with Crippen LogP contribution in [-0.4, -0.2) is 56.7 Å². The minimum Gasteiger partial charge on any atom is -0.381 e. The summed E-state index contributed by atoms with van der Waals surface area (Å²) in [5.41, 5.74) is -0.0305. The van der Waals surface area contributed by atoms with Crippen LogP contribution < -0.4 is 16.0 Å². The quantitative estimate of drug-likeness (QED) is 0.253. The van der Waals surface area contributed by atoms with E-state index in [0.717, 1.165) is 29.2 Å². The first-order valence-electron chi connectivity index (χ1n) is 13.7. The molecule has 0 aromatic heterocycles. The number of nitrogens with zero attached hydrogens (tertiary/aromatic N) is 1. The number of amides is 4. The maximum absolute atomic E-state index is 14.1. The van der Waals surface area contributed by atoms with Gasteiger partial charge in [0.15, 0.2) is 6.10 Å². The van der Waals surface area contributed by atoms with Crippen LogP contribution in [0.4, 0.5) is 22.4 Å². The van der Waals surface area contributed by atoms with Crippen LogP contribution in [-0.2, 0) is 29.1 Å². The van der Waals surface area contributed by atoms with Crippen molar-refractivity contribution in [2.75, 3.05) is 5.88 Å². The molecule has 0 spiro atoms. The molecule has 1 saturated heterocycles. The van der Waals surface area contributed by atoms with E-state index >= 15 is 0 Å². The number of halogens is 4. The highest BCUT2D eigenvalue weighted by atomic mass is 32.2. The molecule has 1 aliphatic rings. The zero-order valence-corrected chi connectivity index (χ0v) is 24.8. The van der Waals surface area contributed by atoms with Crippen LogP contribution in [0, 0.1) is 23.3 Å². The molecular weight excluding hydrogens is 600 g/mol. The highest BCUT2D eigenvalue weighted by Gasteiger charge is 2.49. The van der Waals surface area contributed by atoms with Gasteiger partial charge in [0.2, 0.25) is 5.91 Å². The monoisotopic (exact) mass is 632 g/mol. The van der Waals surface area contributed by atoms with E-state index in [1.165, 1.54) is 23.9 Å². The number of hydrogen-bond acceptors (Lipinski definition) is 5. The number of carbonyl (C=O) groups is 3. The molecule has 8 nitrogen and oxygen atoms in total. The summed E-state index contributed by atoms with van der Waals surface area (Å²) in [4.78, 5) is 41.0. The van der Waals surface area contributed by atoms with Gasteiger partial charge >= 0.3 is 6.03 Å². The molecule has 0 radical (unpaired) electrons. The van der Waals surface area contributed by atoms with Crippen molar-refractivity contribution in [2.45, 2.75) is 56.3 Å². The third-order valence-corrected chi connectivity index (χ3v) is 8.69. The highest BCUT2D eigenvalue weighted by Crippen LogP contribution is 2.40. The van der Waals surface area contributed by atoms with Gasteiger partial charge in [0.05, 0.1) is 18.5 Å². The summed E-state index contributed by atoms with van der Waals surface area (Å²) >= 11 is 1.27. The van der Waals surface area contributed by atoms with E-state index in [1.54, 1.807) is 44.2 Å². The molecule has 0 aliphatic carbocycles. The fraction of sp³-hybridized carbons (Fsp3) is 0.323. The molecule has 13 heteroatoms. The lowest BCUT2D eigenvalue weighted by molar-refractivity contribution is -0.147. The molecule has 1 aliphatic heterocycles. The van der Waals surface area contributed by atoms with Crippen LogP contribution in [0.3, 0.4) is 0 Å². The van der Waals surface area contributed by atoms with Gasteiger partial charge in [0, 0.05) is 22.4 Å². The third kappa shape index (κ3) is 7.69. The Morgan fingerprint density at radius 2 is 1.39 bits per heavy atom. The number of carbonyl (C=O) groups excluding carboxylic acids is 3. The summed E-state index contributed by atoms with van der Waals surface area (Å²) in [7, 11) is 0. The molecule has 3 atom stereocenters. The second kappa shape index (κ2) is 14.1. The summed E-state index contributed by atoms with van der Waals surface area (Å²) in [6, 6.07) is 12.1. The summed E-state index contributed by atoms with van der Waals surface area (Å²) in [5.74, 6) is -4.89. The first-order valence-corrected chi connectivity index (χ1v) is 14.7. The molecule has 4 amide bonds. The molecule has 1 heterocycles. The Bertz CT molecular complexity index is 1470. The van der Waals surface area contributed by atoms with Gasteiger partial charge in [-0.15, -0.1) is 11.8 Å². The normalized spacial score (nSPS) is 17.1. The number of benzene rings is 3. The van der Waals surface area contributed by atoms with Gasteiger partial charge in [0.1, 0.15) is 29.3 Å². The van der Waals surface area contributed by atoms with Crippen molar-refractivity contribution >= 4 is 29.6 Å². The molecule has 0 unspecified atom stereocenters. The zero-order valence-electron chi connectivity index (χ0n) is 24.0. The maximum Gasteiger partial charge on any atom is 0.315 e. The lowest BCUT2D eigenvalue weighted by atomic mass is 9.97. The van der Waals surface area contributed by atoms with Gasteiger partial charge in [-0.05, 0) is 50.1 Å². The Kier molecular flexibility index (Phi) is 10.5. The molecule has 0 bridgehead atoms. The predicted molar refractivity (Wildman–Crippen MR) is 157 cm³/mol. The van der Waals surface area contributed by atoms with Crippen LogP contribution in [0.1, 0.15) is 30.5 Å². The minimum absolute atomic E-state index is 0.00300. The first-order chi connectivity index (χ1) is 20.9. The molecule has 1 fully saturated rings. The summed E-state index contributed by atoms with van der Waals surface area (Å²) in [5, 5.41) is 18.6. The second-order valence-corrected chi connectivity index (χ2v) is 12.4. The summed E-state index contributed by atoms with van der Waals surface area (Å²) < 4.78 is 55.5. The third-order valence-electron chi connectivity index (χ3n) is 7.31. The first kappa shape index (κ1) is 32.8. The smallest absolute Gasteiger partial charge is 0.315 e. The molecule has 4 N–H and O–H groups in total.